The second kappa shape index (κ2) is 6.80. The zero-order valence-electron chi connectivity index (χ0n) is 12.9. The van der Waals surface area contributed by atoms with E-state index in [1.54, 1.807) is 19.1 Å². The summed E-state index contributed by atoms with van der Waals surface area (Å²) >= 11 is 0. The van der Waals surface area contributed by atoms with Gasteiger partial charge in [0, 0.05) is 5.69 Å². The number of aryl methyl sites for hydroxylation is 1. The van der Waals surface area contributed by atoms with Crippen LogP contribution in [0.3, 0.4) is 0 Å². The molecule has 0 aromatic heterocycles. The van der Waals surface area contributed by atoms with E-state index in [0.717, 1.165) is 11.1 Å². The van der Waals surface area contributed by atoms with Crippen LogP contribution in [0.4, 0.5) is 10.5 Å². The third-order valence-electron chi connectivity index (χ3n) is 3.37. The minimum atomic E-state index is -3.71. The van der Waals surface area contributed by atoms with Crippen molar-refractivity contribution >= 4 is 21.7 Å². The molecular weight excluding hydrogens is 314 g/mol. The average Bonchev–Trinajstić information content (AvgIpc) is 2.49. The number of hydrogen-bond acceptors (Lipinski definition) is 3. The number of primary sulfonamides is 1. The van der Waals surface area contributed by atoms with Gasteiger partial charge in [-0.25, -0.2) is 18.4 Å². The van der Waals surface area contributed by atoms with E-state index in [-0.39, 0.29) is 17.0 Å². The molecular formula is C16H19N3O3S. The van der Waals surface area contributed by atoms with Crippen molar-refractivity contribution in [3.8, 4) is 0 Å². The summed E-state index contributed by atoms with van der Waals surface area (Å²) < 4.78 is 22.4. The fourth-order valence-electron chi connectivity index (χ4n) is 2.03. The van der Waals surface area contributed by atoms with Crippen LogP contribution >= 0.6 is 0 Å². The van der Waals surface area contributed by atoms with Crippen molar-refractivity contribution in [1.82, 2.24) is 5.32 Å². The standard InChI is InChI=1S/C16H19N3O3S/c1-11-3-7-14(8-4-11)19-16(20)18-12(2)13-5-9-15(10-6-13)23(17,21)22/h3-10,12H,1-2H3,(H2,17,21,22)(H2,18,19,20)/t12-/m1/s1. The third kappa shape index (κ3) is 4.80. The van der Waals surface area contributed by atoms with Crippen molar-refractivity contribution in [2.24, 2.45) is 5.14 Å². The Hall–Kier alpha value is -2.38. The molecule has 2 aromatic carbocycles. The van der Waals surface area contributed by atoms with Gasteiger partial charge in [-0.15, -0.1) is 0 Å². The molecule has 6 nitrogen and oxygen atoms in total. The van der Waals surface area contributed by atoms with Gasteiger partial charge in [0.25, 0.3) is 0 Å². The Kier molecular flexibility index (Phi) is 5.02. The van der Waals surface area contributed by atoms with Gasteiger partial charge in [-0.05, 0) is 43.7 Å². The summed E-state index contributed by atoms with van der Waals surface area (Å²) in [6.45, 7) is 3.78. The van der Waals surface area contributed by atoms with Gasteiger partial charge in [0.05, 0.1) is 10.9 Å². The summed E-state index contributed by atoms with van der Waals surface area (Å²) in [6, 6.07) is 12.9. The molecule has 0 aliphatic carbocycles. The van der Waals surface area contributed by atoms with Crippen molar-refractivity contribution in [2.45, 2.75) is 24.8 Å². The molecule has 0 unspecified atom stereocenters. The predicted molar refractivity (Wildman–Crippen MR) is 89.6 cm³/mol. The Labute approximate surface area is 135 Å². The Morgan fingerprint density at radius 1 is 1.04 bits per heavy atom. The molecule has 7 heteroatoms. The van der Waals surface area contributed by atoms with Gasteiger partial charge in [0.15, 0.2) is 0 Å². The fraction of sp³-hybridized carbons (Fsp3) is 0.188. The van der Waals surface area contributed by atoms with Crippen LogP contribution in [0.25, 0.3) is 0 Å². The second-order valence-electron chi connectivity index (χ2n) is 5.30. The topological polar surface area (TPSA) is 101 Å². The van der Waals surface area contributed by atoms with Crippen LogP contribution in [-0.2, 0) is 10.0 Å². The van der Waals surface area contributed by atoms with Crippen molar-refractivity contribution in [2.75, 3.05) is 5.32 Å². The molecule has 2 rings (SSSR count). The molecule has 2 aromatic rings. The Morgan fingerprint density at radius 3 is 2.13 bits per heavy atom. The van der Waals surface area contributed by atoms with Crippen LogP contribution in [0.2, 0.25) is 0 Å². The Bertz CT molecular complexity index is 784. The largest absolute Gasteiger partial charge is 0.331 e. The number of anilines is 1. The molecule has 0 aliphatic heterocycles. The van der Waals surface area contributed by atoms with E-state index < -0.39 is 10.0 Å². The molecule has 0 radical (unpaired) electrons. The molecule has 2 amide bonds. The first-order chi connectivity index (χ1) is 10.8. The van der Waals surface area contributed by atoms with Gasteiger partial charge >= 0.3 is 6.03 Å². The van der Waals surface area contributed by atoms with E-state index in [4.69, 9.17) is 5.14 Å². The quantitative estimate of drug-likeness (QED) is 0.801. The maximum absolute atomic E-state index is 12.0. The number of benzene rings is 2. The lowest BCUT2D eigenvalue weighted by atomic mass is 10.1. The third-order valence-corrected chi connectivity index (χ3v) is 4.29. The Morgan fingerprint density at radius 2 is 1.61 bits per heavy atom. The van der Waals surface area contributed by atoms with Gasteiger partial charge in [-0.3, -0.25) is 0 Å². The number of nitrogens with two attached hydrogens (primary N) is 1. The number of nitrogens with one attached hydrogen (secondary N) is 2. The smallest absolute Gasteiger partial charge is 0.319 e. The predicted octanol–water partition coefficient (Wildman–Crippen LogP) is 2.53. The highest BCUT2D eigenvalue weighted by Gasteiger charge is 2.12. The van der Waals surface area contributed by atoms with Gasteiger partial charge in [-0.1, -0.05) is 29.8 Å². The van der Waals surface area contributed by atoms with Crippen LogP contribution in [-0.4, -0.2) is 14.4 Å². The first-order valence-electron chi connectivity index (χ1n) is 7.02. The molecule has 0 saturated carbocycles. The SMILES string of the molecule is Cc1ccc(NC(=O)N[C@H](C)c2ccc(S(N)(=O)=O)cc2)cc1. The molecule has 0 bridgehead atoms. The maximum atomic E-state index is 12.0. The number of rotatable bonds is 4. The summed E-state index contributed by atoms with van der Waals surface area (Å²) in [5.74, 6) is 0. The number of amides is 2. The minimum absolute atomic E-state index is 0.0394. The molecule has 0 fully saturated rings. The second-order valence-corrected chi connectivity index (χ2v) is 6.86. The van der Waals surface area contributed by atoms with Crippen LogP contribution in [0.1, 0.15) is 24.1 Å². The highest BCUT2D eigenvalue weighted by molar-refractivity contribution is 7.89. The normalized spacial score (nSPS) is 12.5. The molecule has 0 saturated heterocycles. The highest BCUT2D eigenvalue weighted by atomic mass is 32.2. The van der Waals surface area contributed by atoms with E-state index in [2.05, 4.69) is 10.6 Å². The summed E-state index contributed by atoms with van der Waals surface area (Å²) in [5, 5.41) is 10.6. The van der Waals surface area contributed by atoms with Crippen LogP contribution in [0.5, 0.6) is 0 Å². The van der Waals surface area contributed by atoms with Gasteiger partial charge < -0.3 is 10.6 Å². The lowest BCUT2D eigenvalue weighted by Crippen LogP contribution is -2.31. The number of carbonyl (C=O) groups excluding carboxylic acids is 1. The molecule has 1 atom stereocenters. The van der Waals surface area contributed by atoms with Crippen LogP contribution < -0.4 is 15.8 Å². The highest BCUT2D eigenvalue weighted by Crippen LogP contribution is 2.16. The molecule has 0 aliphatic rings. The number of urea groups is 1. The van der Waals surface area contributed by atoms with Gasteiger partial charge in [0.2, 0.25) is 10.0 Å². The summed E-state index contributed by atoms with van der Waals surface area (Å²) in [5.41, 5.74) is 2.58. The molecule has 0 spiro atoms. The average molecular weight is 333 g/mol. The van der Waals surface area contributed by atoms with Crippen LogP contribution in [0.15, 0.2) is 53.4 Å². The van der Waals surface area contributed by atoms with Crippen molar-refractivity contribution in [1.29, 1.82) is 0 Å². The number of carbonyl (C=O) groups is 1. The molecule has 23 heavy (non-hydrogen) atoms. The van der Waals surface area contributed by atoms with Crippen molar-refractivity contribution in [3.05, 3.63) is 59.7 Å². The van der Waals surface area contributed by atoms with E-state index in [1.165, 1.54) is 12.1 Å². The van der Waals surface area contributed by atoms with Gasteiger partial charge in [0.1, 0.15) is 0 Å². The zero-order valence-corrected chi connectivity index (χ0v) is 13.7. The zero-order chi connectivity index (χ0) is 17.0. The summed E-state index contributed by atoms with van der Waals surface area (Å²) in [6.07, 6.45) is 0. The lowest BCUT2D eigenvalue weighted by molar-refractivity contribution is 0.249. The molecule has 0 heterocycles. The van der Waals surface area contributed by atoms with Crippen molar-refractivity contribution < 1.29 is 13.2 Å². The summed E-state index contributed by atoms with van der Waals surface area (Å²) in [7, 11) is -3.71. The molecule has 122 valence electrons. The number of sulfonamides is 1. The number of hydrogen-bond donors (Lipinski definition) is 3. The summed E-state index contributed by atoms with van der Waals surface area (Å²) in [4.78, 5) is 12.0. The first kappa shape index (κ1) is 17.0. The van der Waals surface area contributed by atoms with Gasteiger partial charge in [-0.2, -0.15) is 0 Å². The maximum Gasteiger partial charge on any atom is 0.319 e. The van der Waals surface area contributed by atoms with Crippen molar-refractivity contribution in [3.63, 3.8) is 0 Å². The molecule has 4 N–H and O–H groups in total. The van der Waals surface area contributed by atoms with E-state index in [1.807, 2.05) is 31.2 Å². The van der Waals surface area contributed by atoms with E-state index in [0.29, 0.717) is 5.69 Å². The fourth-order valence-corrected chi connectivity index (χ4v) is 2.55. The Balaban J connectivity index is 1.99. The van der Waals surface area contributed by atoms with E-state index in [9.17, 15) is 13.2 Å². The van der Waals surface area contributed by atoms with E-state index >= 15 is 0 Å². The monoisotopic (exact) mass is 333 g/mol. The lowest BCUT2D eigenvalue weighted by Gasteiger charge is -2.15. The minimum Gasteiger partial charge on any atom is -0.331 e. The van der Waals surface area contributed by atoms with Crippen LogP contribution in [0, 0.1) is 6.92 Å². The first-order valence-corrected chi connectivity index (χ1v) is 8.57.